The first-order valence-corrected chi connectivity index (χ1v) is 34.9. The van der Waals surface area contributed by atoms with Crippen LogP contribution in [0.3, 0.4) is 0 Å². The second-order valence-electron chi connectivity index (χ2n) is 23.4. The van der Waals surface area contributed by atoms with Gasteiger partial charge in [0.2, 0.25) is 0 Å². The van der Waals surface area contributed by atoms with Crippen molar-refractivity contribution in [1.82, 2.24) is 0 Å². The minimum Gasteiger partial charge on any atom is -0.462 e. The van der Waals surface area contributed by atoms with Gasteiger partial charge in [0, 0.05) is 19.3 Å². The third kappa shape index (κ3) is 65.7. The van der Waals surface area contributed by atoms with Crippen molar-refractivity contribution in [1.29, 1.82) is 0 Å². The maximum absolute atomic E-state index is 12.9. The van der Waals surface area contributed by atoms with E-state index in [0.717, 1.165) is 89.9 Å². The SMILES string of the molecule is CC/C=C\C/C=C\C/C=C\C/C=C\CCCCCCCCCCCCCCCCCCCCCCC(=O)OCC(COC(=O)CCCCCCCCCCCC)OC(=O)CCCCCCCCCCC/C=C\C/C=C\CCCCC. The third-order valence-corrected chi connectivity index (χ3v) is 15.4. The topological polar surface area (TPSA) is 78.9 Å². The standard InChI is InChI=1S/C74H132O6/c1-4-7-10-13-16-19-22-24-26-28-30-31-32-33-34-35-36-37-38-39-40-41-42-43-45-46-48-50-52-55-58-61-64-67-73(76)79-70-71(69-78-72(75)66-63-60-57-54-21-18-15-12-9-6-3)80-74(77)68-65-62-59-56-53-51-49-47-44-29-27-25-23-20-17-14-11-8-5-2/h7,10,16-17,19-20,24-27,30-31,71H,4-6,8-9,11-15,18,21-23,28-29,32-70H2,1-3H3/b10-7-,19-16-,20-17-,26-24-,27-25-,31-30-. The van der Waals surface area contributed by atoms with Crippen LogP contribution >= 0.6 is 0 Å². The Morgan fingerprint density at radius 1 is 0.263 bits per heavy atom. The summed E-state index contributed by atoms with van der Waals surface area (Å²) in [4.78, 5) is 38.3. The third-order valence-electron chi connectivity index (χ3n) is 15.4. The van der Waals surface area contributed by atoms with E-state index in [0.29, 0.717) is 19.3 Å². The van der Waals surface area contributed by atoms with Gasteiger partial charge in [0.15, 0.2) is 6.10 Å². The lowest BCUT2D eigenvalue weighted by Crippen LogP contribution is -2.30. The number of hydrogen-bond acceptors (Lipinski definition) is 6. The van der Waals surface area contributed by atoms with E-state index in [9.17, 15) is 14.4 Å². The maximum atomic E-state index is 12.9. The van der Waals surface area contributed by atoms with Crippen LogP contribution in [0.25, 0.3) is 0 Å². The van der Waals surface area contributed by atoms with Gasteiger partial charge in [-0.25, -0.2) is 0 Å². The Balaban J connectivity index is 4.09. The molecule has 0 aromatic heterocycles. The van der Waals surface area contributed by atoms with Crippen molar-refractivity contribution in [3.05, 3.63) is 72.9 Å². The van der Waals surface area contributed by atoms with Gasteiger partial charge in [-0.1, -0.05) is 325 Å². The van der Waals surface area contributed by atoms with Crippen molar-refractivity contribution in [2.75, 3.05) is 13.2 Å². The Bertz CT molecular complexity index is 1470. The molecule has 0 N–H and O–H groups in total. The molecule has 0 spiro atoms. The van der Waals surface area contributed by atoms with Crippen molar-refractivity contribution in [3.8, 4) is 0 Å². The smallest absolute Gasteiger partial charge is 0.306 e. The van der Waals surface area contributed by atoms with E-state index >= 15 is 0 Å². The summed E-state index contributed by atoms with van der Waals surface area (Å²) in [5.41, 5.74) is 0. The highest BCUT2D eigenvalue weighted by Crippen LogP contribution is 2.18. The van der Waals surface area contributed by atoms with E-state index in [1.807, 2.05) is 0 Å². The molecule has 0 aliphatic rings. The number of ether oxygens (including phenoxy) is 3. The molecule has 0 aliphatic carbocycles. The minimum absolute atomic E-state index is 0.0711. The van der Waals surface area contributed by atoms with E-state index in [1.165, 1.54) is 231 Å². The average molecular weight is 1120 g/mol. The van der Waals surface area contributed by atoms with Gasteiger partial charge in [-0.15, -0.1) is 0 Å². The number of esters is 3. The zero-order valence-electron chi connectivity index (χ0n) is 53.3. The van der Waals surface area contributed by atoms with E-state index in [4.69, 9.17) is 14.2 Å². The molecule has 0 rings (SSSR count). The molecule has 0 bridgehead atoms. The predicted octanol–water partition coefficient (Wildman–Crippen LogP) is 24.1. The second kappa shape index (κ2) is 68.3. The van der Waals surface area contributed by atoms with Crippen LogP contribution in [0, 0.1) is 0 Å². The molecule has 1 atom stereocenters. The average Bonchev–Trinajstić information content (AvgIpc) is 3.46. The Morgan fingerprint density at radius 2 is 0.487 bits per heavy atom. The molecule has 0 aromatic carbocycles. The molecule has 1 unspecified atom stereocenters. The molecule has 464 valence electrons. The Labute approximate surface area is 497 Å². The molecular formula is C74H132O6. The fourth-order valence-corrected chi connectivity index (χ4v) is 10.2. The summed E-state index contributed by atoms with van der Waals surface area (Å²) < 4.78 is 16.9. The molecule has 0 heterocycles. The van der Waals surface area contributed by atoms with Gasteiger partial charge in [-0.05, 0) is 89.9 Å². The lowest BCUT2D eigenvalue weighted by molar-refractivity contribution is -0.167. The first kappa shape index (κ1) is 76.9. The molecule has 0 saturated carbocycles. The van der Waals surface area contributed by atoms with Gasteiger partial charge >= 0.3 is 17.9 Å². The molecule has 0 radical (unpaired) electrons. The molecular weight excluding hydrogens is 985 g/mol. The zero-order valence-corrected chi connectivity index (χ0v) is 53.3. The van der Waals surface area contributed by atoms with E-state index in [2.05, 4.69) is 93.7 Å². The first-order valence-electron chi connectivity index (χ1n) is 34.9. The second-order valence-corrected chi connectivity index (χ2v) is 23.4. The van der Waals surface area contributed by atoms with Crippen LogP contribution in [-0.4, -0.2) is 37.2 Å². The number of allylic oxidation sites excluding steroid dienone is 12. The minimum atomic E-state index is -0.774. The summed E-state index contributed by atoms with van der Waals surface area (Å²) in [7, 11) is 0. The van der Waals surface area contributed by atoms with Gasteiger partial charge < -0.3 is 14.2 Å². The Morgan fingerprint density at radius 3 is 0.787 bits per heavy atom. The lowest BCUT2D eigenvalue weighted by Gasteiger charge is -2.18. The van der Waals surface area contributed by atoms with Gasteiger partial charge in [-0.3, -0.25) is 14.4 Å². The highest BCUT2D eigenvalue weighted by Gasteiger charge is 2.19. The fourth-order valence-electron chi connectivity index (χ4n) is 10.2. The predicted molar refractivity (Wildman–Crippen MR) is 348 cm³/mol. The quantitative estimate of drug-likeness (QED) is 0.0261. The molecule has 80 heavy (non-hydrogen) atoms. The molecule has 0 aliphatic heterocycles. The number of hydrogen-bond donors (Lipinski definition) is 0. The molecule has 0 amide bonds. The molecule has 0 aromatic rings. The largest absolute Gasteiger partial charge is 0.462 e. The van der Waals surface area contributed by atoms with Gasteiger partial charge in [-0.2, -0.15) is 0 Å². The molecule has 6 nitrogen and oxygen atoms in total. The summed E-state index contributed by atoms with van der Waals surface area (Å²) >= 11 is 0. The van der Waals surface area contributed by atoms with Crippen LogP contribution in [0.1, 0.15) is 361 Å². The van der Waals surface area contributed by atoms with Crippen molar-refractivity contribution in [2.45, 2.75) is 367 Å². The highest BCUT2D eigenvalue weighted by molar-refractivity contribution is 5.71. The Kier molecular flexibility index (Phi) is 65.7. The van der Waals surface area contributed by atoms with E-state index in [1.54, 1.807) is 0 Å². The maximum Gasteiger partial charge on any atom is 0.306 e. The van der Waals surface area contributed by atoms with Crippen LogP contribution < -0.4 is 0 Å². The van der Waals surface area contributed by atoms with Crippen LogP contribution in [0.2, 0.25) is 0 Å². The molecule has 0 saturated heterocycles. The summed E-state index contributed by atoms with van der Waals surface area (Å²) in [6, 6.07) is 0. The summed E-state index contributed by atoms with van der Waals surface area (Å²) in [5, 5.41) is 0. The first-order chi connectivity index (χ1) is 39.5. The molecule has 6 heteroatoms. The van der Waals surface area contributed by atoms with Crippen LogP contribution in [-0.2, 0) is 28.6 Å². The lowest BCUT2D eigenvalue weighted by atomic mass is 10.0. The zero-order chi connectivity index (χ0) is 57.8. The van der Waals surface area contributed by atoms with Crippen LogP contribution in [0.5, 0.6) is 0 Å². The van der Waals surface area contributed by atoms with E-state index < -0.39 is 6.10 Å². The van der Waals surface area contributed by atoms with Gasteiger partial charge in [0.1, 0.15) is 13.2 Å². The highest BCUT2D eigenvalue weighted by atomic mass is 16.6. The van der Waals surface area contributed by atoms with E-state index in [-0.39, 0.29) is 31.1 Å². The number of unbranched alkanes of at least 4 members (excludes halogenated alkanes) is 41. The Hall–Kier alpha value is -3.15. The van der Waals surface area contributed by atoms with Crippen LogP contribution in [0.4, 0.5) is 0 Å². The monoisotopic (exact) mass is 1120 g/mol. The summed E-state index contributed by atoms with van der Waals surface area (Å²) in [6.45, 7) is 6.54. The summed E-state index contributed by atoms with van der Waals surface area (Å²) in [5.74, 6) is -0.856. The fraction of sp³-hybridized carbons (Fsp3) is 0.797. The number of rotatable bonds is 64. The van der Waals surface area contributed by atoms with Crippen molar-refractivity contribution < 1.29 is 28.6 Å². The van der Waals surface area contributed by atoms with Crippen molar-refractivity contribution in [3.63, 3.8) is 0 Å². The van der Waals surface area contributed by atoms with Crippen molar-refractivity contribution >= 4 is 17.9 Å². The van der Waals surface area contributed by atoms with Gasteiger partial charge in [0.05, 0.1) is 0 Å². The van der Waals surface area contributed by atoms with Crippen molar-refractivity contribution in [2.24, 2.45) is 0 Å². The number of carbonyl (C=O) groups excluding carboxylic acids is 3. The van der Waals surface area contributed by atoms with Crippen LogP contribution in [0.15, 0.2) is 72.9 Å². The van der Waals surface area contributed by atoms with Gasteiger partial charge in [0.25, 0.3) is 0 Å². The summed E-state index contributed by atoms with van der Waals surface area (Å²) in [6.07, 6.45) is 89.4. The molecule has 0 fully saturated rings. The number of carbonyl (C=O) groups is 3. The normalized spacial score (nSPS) is 12.5.